The molecule has 0 radical (unpaired) electrons. The lowest BCUT2D eigenvalue weighted by Crippen LogP contribution is -2.38. The summed E-state index contributed by atoms with van der Waals surface area (Å²) in [4.78, 5) is 15.4. The second kappa shape index (κ2) is 10.5. The van der Waals surface area contributed by atoms with Gasteiger partial charge in [0.1, 0.15) is 18.0 Å². The molecule has 0 spiro atoms. The molecular weight excluding hydrogens is 439 g/mol. The van der Waals surface area contributed by atoms with Crippen molar-refractivity contribution < 1.29 is 19.4 Å². The minimum absolute atomic E-state index is 0.0510. The highest BCUT2D eigenvalue weighted by molar-refractivity contribution is 6.35. The maximum atomic E-state index is 11.5. The van der Waals surface area contributed by atoms with Crippen LogP contribution in [0.2, 0.25) is 10.0 Å². The smallest absolute Gasteiger partial charge is 0.330 e. The molecule has 1 atom stereocenters. The average Bonchev–Trinajstić information content (AvgIpc) is 3.24. The van der Waals surface area contributed by atoms with Crippen molar-refractivity contribution in [2.24, 2.45) is 0 Å². The first-order valence-corrected chi connectivity index (χ1v) is 10.4. The lowest BCUT2D eigenvalue weighted by Gasteiger charge is -2.30. The van der Waals surface area contributed by atoms with E-state index in [1.165, 1.54) is 6.08 Å². The van der Waals surface area contributed by atoms with Gasteiger partial charge in [-0.05, 0) is 42.8 Å². The molecule has 0 aliphatic carbocycles. The van der Waals surface area contributed by atoms with E-state index in [-0.39, 0.29) is 13.2 Å². The average molecular weight is 461 g/mol. The second-order valence-electron chi connectivity index (χ2n) is 6.83. The number of hydrogen-bond acceptors (Lipinski definition) is 5. The van der Waals surface area contributed by atoms with Crippen LogP contribution in [0.25, 0.3) is 6.08 Å². The van der Waals surface area contributed by atoms with Gasteiger partial charge in [0.2, 0.25) is 0 Å². The van der Waals surface area contributed by atoms with Crippen molar-refractivity contribution >= 4 is 35.2 Å². The zero-order valence-corrected chi connectivity index (χ0v) is 18.4. The second-order valence-corrected chi connectivity index (χ2v) is 7.68. The largest absolute Gasteiger partial charge is 0.490 e. The number of carbonyl (C=O) groups is 1. The summed E-state index contributed by atoms with van der Waals surface area (Å²) in [5.41, 5.74) is -0.110. The molecule has 1 aromatic heterocycles. The zero-order chi connectivity index (χ0) is 22.3. The first kappa shape index (κ1) is 22.9. The molecular formula is C23H22Cl2N2O4. The van der Waals surface area contributed by atoms with Crippen LogP contribution in [0.5, 0.6) is 5.75 Å². The summed E-state index contributed by atoms with van der Waals surface area (Å²) in [6.45, 7) is 2.22. The number of ether oxygens (including phenoxy) is 2. The molecule has 2 aromatic carbocycles. The molecule has 3 aromatic rings. The fourth-order valence-electron chi connectivity index (χ4n) is 2.99. The molecule has 0 saturated heterocycles. The monoisotopic (exact) mass is 460 g/mol. The maximum Gasteiger partial charge on any atom is 0.330 e. The molecule has 1 heterocycles. The molecule has 3 rings (SSSR count). The third-order valence-corrected chi connectivity index (χ3v) is 5.04. The Kier molecular flexibility index (Phi) is 7.74. The highest BCUT2D eigenvalue weighted by Crippen LogP contribution is 2.33. The molecule has 8 heteroatoms. The van der Waals surface area contributed by atoms with Crippen LogP contribution in [-0.4, -0.2) is 33.8 Å². The number of aromatic nitrogens is 2. The van der Waals surface area contributed by atoms with Gasteiger partial charge >= 0.3 is 5.97 Å². The van der Waals surface area contributed by atoms with Crippen LogP contribution in [0.4, 0.5) is 0 Å². The Labute approximate surface area is 190 Å². The van der Waals surface area contributed by atoms with Crippen LogP contribution >= 0.6 is 23.2 Å². The summed E-state index contributed by atoms with van der Waals surface area (Å²) in [7, 11) is 0. The Hall–Kier alpha value is -2.80. The fraction of sp³-hybridized carbons (Fsp3) is 0.217. The number of nitrogens with zero attached hydrogens (tertiary/aromatic N) is 2. The van der Waals surface area contributed by atoms with Gasteiger partial charge in [-0.15, -0.1) is 0 Å². The summed E-state index contributed by atoms with van der Waals surface area (Å²) in [6, 6.07) is 12.1. The molecule has 0 aliphatic rings. The van der Waals surface area contributed by atoms with Crippen molar-refractivity contribution in [1.82, 2.24) is 9.55 Å². The quantitative estimate of drug-likeness (QED) is 0.368. The van der Waals surface area contributed by atoms with E-state index in [1.807, 2.05) is 0 Å². The van der Waals surface area contributed by atoms with E-state index in [2.05, 4.69) is 4.98 Å². The Balaban J connectivity index is 1.75. The number of hydrogen-bond donors (Lipinski definition) is 1. The van der Waals surface area contributed by atoms with Gasteiger partial charge < -0.3 is 19.1 Å². The summed E-state index contributed by atoms with van der Waals surface area (Å²) in [5.74, 6) is 0.162. The zero-order valence-electron chi connectivity index (χ0n) is 16.9. The Morgan fingerprint density at radius 1 is 1.23 bits per heavy atom. The van der Waals surface area contributed by atoms with E-state index in [0.717, 1.165) is 5.56 Å². The number of halogens is 2. The van der Waals surface area contributed by atoms with E-state index in [0.29, 0.717) is 28.0 Å². The third-order valence-electron chi connectivity index (χ3n) is 4.49. The number of imidazole rings is 1. The van der Waals surface area contributed by atoms with E-state index >= 15 is 0 Å². The standard InChI is InChI=1S/C23H22Cl2N2O4/c1-2-30-22(28)10-5-17-3-7-19(8-4-17)31-15-23(29,14-27-12-11-26-16-27)20-9-6-18(24)13-21(20)25/h3-13,16,29H,2,14-15H2,1H3. The summed E-state index contributed by atoms with van der Waals surface area (Å²) >= 11 is 12.4. The predicted octanol–water partition coefficient (Wildman–Crippen LogP) is 4.73. The topological polar surface area (TPSA) is 73.6 Å². The number of esters is 1. The predicted molar refractivity (Wildman–Crippen MR) is 120 cm³/mol. The third kappa shape index (κ3) is 6.34. The van der Waals surface area contributed by atoms with E-state index in [1.54, 1.807) is 78.8 Å². The Morgan fingerprint density at radius 2 is 2.00 bits per heavy atom. The summed E-state index contributed by atoms with van der Waals surface area (Å²) in [6.07, 6.45) is 8.02. The first-order chi connectivity index (χ1) is 14.9. The van der Waals surface area contributed by atoms with Crippen LogP contribution < -0.4 is 4.74 Å². The van der Waals surface area contributed by atoms with E-state index in [9.17, 15) is 9.90 Å². The molecule has 0 amide bonds. The molecule has 6 nitrogen and oxygen atoms in total. The lowest BCUT2D eigenvalue weighted by molar-refractivity contribution is -0.137. The first-order valence-electron chi connectivity index (χ1n) is 9.61. The van der Waals surface area contributed by atoms with Crippen molar-refractivity contribution in [3.63, 3.8) is 0 Å². The molecule has 0 fully saturated rings. The van der Waals surface area contributed by atoms with Gasteiger partial charge in [0.05, 0.1) is 19.5 Å². The van der Waals surface area contributed by atoms with Crippen LogP contribution in [0.1, 0.15) is 18.1 Å². The molecule has 0 saturated carbocycles. The van der Waals surface area contributed by atoms with Crippen molar-refractivity contribution in [2.75, 3.05) is 13.2 Å². The van der Waals surface area contributed by atoms with Crippen molar-refractivity contribution in [3.05, 3.63) is 88.4 Å². The Morgan fingerprint density at radius 3 is 2.65 bits per heavy atom. The fourth-order valence-corrected chi connectivity index (χ4v) is 3.57. The van der Waals surface area contributed by atoms with Gasteiger partial charge in [0.15, 0.2) is 0 Å². The van der Waals surface area contributed by atoms with Crippen molar-refractivity contribution in [1.29, 1.82) is 0 Å². The molecule has 31 heavy (non-hydrogen) atoms. The highest BCUT2D eigenvalue weighted by atomic mass is 35.5. The number of aliphatic hydroxyl groups is 1. The van der Waals surface area contributed by atoms with Gasteiger partial charge in [0, 0.05) is 34.1 Å². The highest BCUT2D eigenvalue weighted by Gasteiger charge is 2.33. The molecule has 0 aliphatic heterocycles. The summed E-state index contributed by atoms with van der Waals surface area (Å²) in [5, 5.41) is 12.3. The van der Waals surface area contributed by atoms with E-state index in [4.69, 9.17) is 32.7 Å². The normalized spacial score (nSPS) is 13.2. The van der Waals surface area contributed by atoms with Crippen LogP contribution in [0.3, 0.4) is 0 Å². The van der Waals surface area contributed by atoms with Crippen molar-refractivity contribution in [3.8, 4) is 5.75 Å². The maximum absolute atomic E-state index is 11.5. The van der Waals surface area contributed by atoms with Gasteiger partial charge in [0.25, 0.3) is 0 Å². The van der Waals surface area contributed by atoms with Gasteiger partial charge in [-0.1, -0.05) is 41.4 Å². The van der Waals surface area contributed by atoms with Crippen LogP contribution in [0.15, 0.2) is 67.3 Å². The van der Waals surface area contributed by atoms with Crippen molar-refractivity contribution in [2.45, 2.75) is 19.1 Å². The molecule has 1 N–H and O–H groups in total. The Bertz CT molecular complexity index is 1040. The van der Waals surface area contributed by atoms with Gasteiger partial charge in [-0.3, -0.25) is 0 Å². The summed E-state index contributed by atoms with van der Waals surface area (Å²) < 4.78 is 12.5. The van der Waals surface area contributed by atoms with Gasteiger partial charge in [-0.25, -0.2) is 9.78 Å². The molecule has 1 unspecified atom stereocenters. The molecule has 0 bridgehead atoms. The molecule has 162 valence electrons. The number of benzene rings is 2. The lowest BCUT2D eigenvalue weighted by atomic mass is 9.94. The number of carbonyl (C=O) groups excluding carboxylic acids is 1. The van der Waals surface area contributed by atoms with Crippen LogP contribution in [-0.2, 0) is 21.7 Å². The number of rotatable bonds is 9. The minimum atomic E-state index is -1.43. The van der Waals surface area contributed by atoms with E-state index < -0.39 is 11.6 Å². The van der Waals surface area contributed by atoms with Crippen LogP contribution in [0, 0.1) is 0 Å². The SMILES string of the molecule is CCOC(=O)C=Cc1ccc(OCC(O)(Cn2ccnc2)c2ccc(Cl)cc2Cl)cc1. The van der Waals surface area contributed by atoms with Gasteiger partial charge in [-0.2, -0.15) is 0 Å². The minimum Gasteiger partial charge on any atom is -0.490 e.